The summed E-state index contributed by atoms with van der Waals surface area (Å²) < 4.78 is 34.0. The van der Waals surface area contributed by atoms with Gasteiger partial charge in [0, 0.05) is 31.4 Å². The number of hydrogen-bond donors (Lipinski definition) is 1. The summed E-state index contributed by atoms with van der Waals surface area (Å²) in [6.45, 7) is 2.92. The number of nitrogens with zero attached hydrogens (tertiary/aromatic N) is 6. The molecule has 2 aromatic carbocycles. The molecule has 0 saturated carbocycles. The second-order valence-electron chi connectivity index (χ2n) is 7.49. The number of ether oxygens (including phenoxy) is 2. The molecule has 0 saturated heterocycles. The minimum Gasteiger partial charge on any atom is -0.461 e. The first-order valence-corrected chi connectivity index (χ1v) is 13.9. The van der Waals surface area contributed by atoms with Gasteiger partial charge in [0.1, 0.15) is 0 Å². The van der Waals surface area contributed by atoms with Gasteiger partial charge in [-0.1, -0.05) is 0 Å². The SMILES string of the molecule is CCOC(=O)/C(=N/Nc1ccc([N+](=O)[O-])cc1)[P@@](=O)(N=c1sn(-c2ccc([N+](=O)[O-])cc2)nc1C(=O)OCC)OC. The Labute approximate surface area is 235 Å². The summed E-state index contributed by atoms with van der Waals surface area (Å²) in [6, 6.07) is 10.2. The van der Waals surface area contributed by atoms with E-state index < -0.39 is 34.8 Å². The summed E-state index contributed by atoms with van der Waals surface area (Å²) in [4.78, 5) is 46.1. The van der Waals surface area contributed by atoms with Crippen LogP contribution in [0.5, 0.6) is 0 Å². The fraction of sp³-hybridized carbons (Fsp3) is 0.227. The molecule has 0 radical (unpaired) electrons. The molecule has 1 heterocycles. The van der Waals surface area contributed by atoms with Gasteiger partial charge in [-0.2, -0.15) is 13.9 Å². The molecule has 41 heavy (non-hydrogen) atoms. The lowest BCUT2D eigenvalue weighted by atomic mass is 10.3. The van der Waals surface area contributed by atoms with E-state index in [-0.39, 0.29) is 40.6 Å². The predicted molar refractivity (Wildman–Crippen MR) is 145 cm³/mol. The van der Waals surface area contributed by atoms with Crippen LogP contribution < -0.4 is 10.1 Å². The Hall–Kier alpha value is -4.80. The van der Waals surface area contributed by atoms with Crippen molar-refractivity contribution in [3.05, 3.63) is 79.1 Å². The van der Waals surface area contributed by atoms with Crippen molar-refractivity contribution in [1.82, 2.24) is 9.17 Å². The number of non-ortho nitro benzene ring substituents is 2. The summed E-state index contributed by atoms with van der Waals surface area (Å²) in [6.07, 6.45) is 0. The Morgan fingerprint density at radius 1 is 1.00 bits per heavy atom. The van der Waals surface area contributed by atoms with Crippen molar-refractivity contribution < 1.29 is 38.0 Å². The Bertz CT molecular complexity index is 1600. The summed E-state index contributed by atoms with van der Waals surface area (Å²) in [5, 5.41) is 29.9. The minimum atomic E-state index is -4.58. The second kappa shape index (κ2) is 13.5. The maximum Gasteiger partial charge on any atom is 0.373 e. The van der Waals surface area contributed by atoms with E-state index in [9.17, 15) is 34.4 Å². The highest BCUT2D eigenvalue weighted by molar-refractivity contribution is 7.78. The van der Waals surface area contributed by atoms with Crippen LogP contribution in [-0.4, -0.2) is 56.7 Å². The highest BCUT2D eigenvalue weighted by Crippen LogP contribution is 2.49. The average molecular weight is 607 g/mol. The normalized spacial score (nSPS) is 13.2. The number of anilines is 1. The molecule has 0 aliphatic heterocycles. The number of rotatable bonds is 12. The smallest absolute Gasteiger partial charge is 0.373 e. The van der Waals surface area contributed by atoms with Gasteiger partial charge in [0.05, 0.1) is 34.4 Å². The first-order valence-electron chi connectivity index (χ1n) is 11.5. The molecule has 1 atom stereocenters. The number of aromatic nitrogens is 2. The maximum atomic E-state index is 13.9. The molecule has 1 N–H and O–H groups in total. The number of carbonyl (C=O) groups is 2. The Balaban J connectivity index is 2.14. The van der Waals surface area contributed by atoms with E-state index in [4.69, 9.17) is 14.0 Å². The lowest BCUT2D eigenvalue weighted by molar-refractivity contribution is -0.385. The van der Waals surface area contributed by atoms with Crippen LogP contribution in [0.2, 0.25) is 0 Å². The molecule has 0 spiro atoms. The van der Waals surface area contributed by atoms with Crippen molar-refractivity contribution >= 4 is 53.5 Å². The van der Waals surface area contributed by atoms with Gasteiger partial charge >= 0.3 is 19.5 Å². The van der Waals surface area contributed by atoms with Crippen molar-refractivity contribution in [3.8, 4) is 5.69 Å². The van der Waals surface area contributed by atoms with Crippen LogP contribution in [0.25, 0.3) is 5.69 Å². The van der Waals surface area contributed by atoms with Crippen molar-refractivity contribution in [2.45, 2.75) is 13.8 Å². The lowest BCUT2D eigenvalue weighted by Gasteiger charge is -2.13. The zero-order chi connectivity index (χ0) is 30.2. The third-order valence-corrected chi connectivity index (χ3v) is 7.72. The number of nitrogens with one attached hydrogen (secondary N) is 1. The zero-order valence-corrected chi connectivity index (χ0v) is 23.4. The van der Waals surface area contributed by atoms with Gasteiger partial charge in [0.25, 0.3) is 16.8 Å². The topological polar surface area (TPSA) is 220 Å². The average Bonchev–Trinajstić information content (AvgIpc) is 3.37. The van der Waals surface area contributed by atoms with E-state index in [2.05, 4.69) is 20.4 Å². The molecule has 0 fully saturated rings. The number of carbonyl (C=O) groups excluding carboxylic acids is 2. The lowest BCUT2D eigenvalue weighted by Crippen LogP contribution is -2.21. The highest BCUT2D eigenvalue weighted by Gasteiger charge is 2.37. The second-order valence-corrected chi connectivity index (χ2v) is 10.4. The van der Waals surface area contributed by atoms with E-state index in [0.717, 1.165) is 7.11 Å². The van der Waals surface area contributed by atoms with Crippen molar-refractivity contribution in [1.29, 1.82) is 0 Å². The molecule has 0 aliphatic rings. The fourth-order valence-electron chi connectivity index (χ4n) is 2.97. The van der Waals surface area contributed by atoms with Crippen LogP contribution >= 0.6 is 19.1 Å². The minimum absolute atomic E-state index is 0.0238. The first-order chi connectivity index (χ1) is 19.5. The van der Waals surface area contributed by atoms with E-state index in [1.165, 1.54) is 59.5 Å². The van der Waals surface area contributed by atoms with E-state index >= 15 is 0 Å². The van der Waals surface area contributed by atoms with Crippen LogP contribution in [0.4, 0.5) is 17.1 Å². The largest absolute Gasteiger partial charge is 0.461 e. The number of nitro groups is 2. The van der Waals surface area contributed by atoms with E-state index in [0.29, 0.717) is 17.2 Å². The molecule has 3 rings (SSSR count). The fourth-order valence-corrected chi connectivity index (χ4v) is 5.32. The predicted octanol–water partition coefficient (Wildman–Crippen LogP) is 3.66. The molecule has 0 aliphatic carbocycles. The zero-order valence-electron chi connectivity index (χ0n) is 21.7. The summed E-state index contributed by atoms with van der Waals surface area (Å²) in [5.74, 6) is -2.08. The summed E-state index contributed by atoms with van der Waals surface area (Å²) in [5.41, 5.74) is 1.43. The Morgan fingerprint density at radius 3 is 2.07 bits per heavy atom. The number of benzene rings is 2. The van der Waals surface area contributed by atoms with Gasteiger partial charge in [0.2, 0.25) is 5.69 Å². The number of hydrogen-bond acceptors (Lipinski definition) is 14. The van der Waals surface area contributed by atoms with Crippen LogP contribution in [-0.2, 0) is 23.4 Å². The first kappa shape index (κ1) is 30.7. The molecule has 1 aromatic heterocycles. The monoisotopic (exact) mass is 607 g/mol. The Morgan fingerprint density at radius 2 is 1.56 bits per heavy atom. The number of hydrazone groups is 1. The molecule has 216 valence electrons. The maximum absolute atomic E-state index is 13.9. The van der Waals surface area contributed by atoms with Gasteiger partial charge in [-0.3, -0.25) is 30.2 Å². The van der Waals surface area contributed by atoms with Gasteiger partial charge < -0.3 is 14.0 Å². The summed E-state index contributed by atoms with van der Waals surface area (Å²) in [7, 11) is -3.57. The number of nitro benzene ring substituents is 2. The van der Waals surface area contributed by atoms with Gasteiger partial charge in [-0.15, -0.1) is 5.10 Å². The van der Waals surface area contributed by atoms with E-state index in [1.54, 1.807) is 6.92 Å². The molecule has 0 unspecified atom stereocenters. The van der Waals surface area contributed by atoms with Crippen LogP contribution in [0.15, 0.2) is 58.4 Å². The molecule has 0 amide bonds. The highest BCUT2D eigenvalue weighted by atomic mass is 32.1. The quantitative estimate of drug-likeness (QED) is 0.102. The molecule has 3 aromatic rings. The third kappa shape index (κ3) is 7.44. The standard InChI is InChI=1S/C22H22N7O10PS/c1-4-38-21(30)18-20(41-27(25-18)15-10-12-17(13-11-15)29(34)35)26-40(36,37-3)19(22(31)39-5-2)24-23-14-6-8-16(9-7-14)28(32)33/h6-13,23H,4-5H2,1-3H3/b24-19-,26-20?/t40-/m0/s1. The molecule has 17 nitrogen and oxygen atoms in total. The molecule has 19 heteroatoms. The van der Waals surface area contributed by atoms with Crippen LogP contribution in [0, 0.1) is 20.2 Å². The van der Waals surface area contributed by atoms with Gasteiger partial charge in [0.15, 0.2) is 4.67 Å². The van der Waals surface area contributed by atoms with Crippen LogP contribution in [0.3, 0.4) is 0 Å². The van der Waals surface area contributed by atoms with Crippen molar-refractivity contribution in [3.63, 3.8) is 0 Å². The Kier molecular flexibility index (Phi) is 10.1. The molecular formula is C22H22N7O10PS. The van der Waals surface area contributed by atoms with Gasteiger partial charge in [-0.25, -0.2) is 9.59 Å². The summed E-state index contributed by atoms with van der Waals surface area (Å²) >= 11 is 0.709. The third-order valence-electron chi connectivity index (χ3n) is 4.88. The van der Waals surface area contributed by atoms with Gasteiger partial charge in [-0.05, 0) is 49.6 Å². The van der Waals surface area contributed by atoms with E-state index in [1.807, 2.05) is 0 Å². The molecule has 0 bridgehead atoms. The molecular weight excluding hydrogens is 585 g/mol. The van der Waals surface area contributed by atoms with Crippen molar-refractivity contribution in [2.24, 2.45) is 9.86 Å². The number of esters is 2. The van der Waals surface area contributed by atoms with Crippen LogP contribution in [0.1, 0.15) is 24.3 Å². The van der Waals surface area contributed by atoms with Crippen molar-refractivity contribution in [2.75, 3.05) is 25.7 Å².